The molecule has 0 bridgehead atoms. The lowest BCUT2D eigenvalue weighted by Gasteiger charge is -2.15. The number of aryl methyl sites for hydroxylation is 3. The minimum absolute atomic E-state index is 0.240. The third-order valence-electron chi connectivity index (χ3n) is 3.10. The van der Waals surface area contributed by atoms with Gasteiger partial charge in [-0.2, -0.15) is 4.98 Å². The van der Waals surface area contributed by atoms with Crippen molar-refractivity contribution in [2.75, 3.05) is 17.2 Å². The number of nitrogens with zero attached hydrogens (tertiary/aromatic N) is 2. The zero-order valence-corrected chi connectivity index (χ0v) is 13.6. The summed E-state index contributed by atoms with van der Waals surface area (Å²) in [7, 11) is 0. The number of nitrogens with one attached hydrogen (secondary N) is 2. The fraction of sp³-hybridized carbons (Fsp3) is 0.467. The highest BCUT2D eigenvalue weighted by molar-refractivity contribution is 7.12. The molecule has 0 aliphatic heterocycles. The molecule has 0 aliphatic rings. The number of hydrogen-bond donors (Lipinski definition) is 2. The molecule has 5 heteroatoms. The molecule has 0 aliphatic carbocycles. The van der Waals surface area contributed by atoms with E-state index >= 15 is 0 Å². The molecule has 4 nitrogen and oxygen atoms in total. The highest BCUT2D eigenvalue weighted by atomic mass is 32.1. The average Bonchev–Trinajstić information content (AvgIpc) is 2.68. The Morgan fingerprint density at radius 1 is 1.20 bits per heavy atom. The summed E-state index contributed by atoms with van der Waals surface area (Å²) >= 11 is 1.84. The second-order valence-corrected chi connectivity index (χ2v) is 6.44. The Balaban J connectivity index is 2.18. The van der Waals surface area contributed by atoms with Gasteiger partial charge in [-0.15, -0.1) is 11.3 Å². The third kappa shape index (κ3) is 3.48. The van der Waals surface area contributed by atoms with Crippen LogP contribution in [-0.2, 0) is 0 Å². The number of hydrogen-bond acceptors (Lipinski definition) is 5. The lowest BCUT2D eigenvalue weighted by molar-refractivity contribution is 0.867. The van der Waals surface area contributed by atoms with Crippen LogP contribution >= 0.6 is 11.3 Å². The molecule has 2 aromatic heterocycles. The highest BCUT2D eigenvalue weighted by Gasteiger charge is 2.12. The molecule has 2 aromatic rings. The van der Waals surface area contributed by atoms with Gasteiger partial charge in [0, 0.05) is 28.1 Å². The van der Waals surface area contributed by atoms with Crippen LogP contribution in [0.3, 0.4) is 0 Å². The Morgan fingerprint density at radius 2 is 1.95 bits per heavy atom. The standard InChI is InChI=1S/C15H22N4S/c1-6-16-15-17-9(2)7-14(19-15)18-11(4)13-8-10(3)20-12(13)5/h7-8,11H,6H2,1-5H3,(H2,16,17,18,19). The van der Waals surface area contributed by atoms with Crippen LogP contribution < -0.4 is 10.6 Å². The molecule has 0 spiro atoms. The number of aromatic nitrogens is 2. The van der Waals surface area contributed by atoms with Gasteiger partial charge in [-0.25, -0.2) is 4.98 Å². The lowest BCUT2D eigenvalue weighted by atomic mass is 10.1. The molecule has 108 valence electrons. The van der Waals surface area contributed by atoms with Crippen molar-refractivity contribution in [2.45, 2.75) is 40.7 Å². The smallest absolute Gasteiger partial charge is 0.224 e. The lowest BCUT2D eigenvalue weighted by Crippen LogP contribution is -2.11. The van der Waals surface area contributed by atoms with Crippen LogP contribution in [0.15, 0.2) is 12.1 Å². The summed E-state index contributed by atoms with van der Waals surface area (Å²) in [5.41, 5.74) is 2.30. The Kier molecular flexibility index (Phi) is 4.60. The van der Waals surface area contributed by atoms with Crippen molar-refractivity contribution < 1.29 is 0 Å². The molecule has 2 N–H and O–H groups in total. The molecule has 2 heterocycles. The second kappa shape index (κ2) is 6.22. The molecule has 0 saturated heterocycles. The zero-order chi connectivity index (χ0) is 14.7. The molecule has 0 saturated carbocycles. The third-order valence-corrected chi connectivity index (χ3v) is 4.08. The molecular weight excluding hydrogens is 268 g/mol. The number of rotatable bonds is 5. The number of thiophene rings is 1. The summed E-state index contributed by atoms with van der Waals surface area (Å²) in [6.07, 6.45) is 0. The van der Waals surface area contributed by atoms with Crippen molar-refractivity contribution in [3.63, 3.8) is 0 Å². The summed E-state index contributed by atoms with van der Waals surface area (Å²) < 4.78 is 0. The second-order valence-electron chi connectivity index (χ2n) is 4.98. The molecule has 0 aromatic carbocycles. The highest BCUT2D eigenvalue weighted by Crippen LogP contribution is 2.28. The van der Waals surface area contributed by atoms with Gasteiger partial charge in [0.05, 0.1) is 6.04 Å². The summed E-state index contributed by atoms with van der Waals surface area (Å²) in [5.74, 6) is 1.55. The van der Waals surface area contributed by atoms with Crippen molar-refractivity contribution in [3.8, 4) is 0 Å². The van der Waals surface area contributed by atoms with Crippen molar-refractivity contribution in [1.82, 2.24) is 9.97 Å². The van der Waals surface area contributed by atoms with E-state index in [9.17, 15) is 0 Å². The van der Waals surface area contributed by atoms with Gasteiger partial charge in [0.25, 0.3) is 0 Å². The van der Waals surface area contributed by atoms with E-state index in [1.165, 1.54) is 15.3 Å². The van der Waals surface area contributed by atoms with Crippen LogP contribution in [0.25, 0.3) is 0 Å². The van der Waals surface area contributed by atoms with Crippen LogP contribution in [-0.4, -0.2) is 16.5 Å². The monoisotopic (exact) mass is 290 g/mol. The Labute approximate surface area is 124 Å². The summed E-state index contributed by atoms with van der Waals surface area (Å²) in [4.78, 5) is 11.6. The summed E-state index contributed by atoms with van der Waals surface area (Å²) in [5, 5.41) is 6.62. The normalized spacial score (nSPS) is 12.2. The van der Waals surface area contributed by atoms with E-state index in [-0.39, 0.29) is 6.04 Å². The van der Waals surface area contributed by atoms with E-state index in [1.54, 1.807) is 0 Å². The quantitative estimate of drug-likeness (QED) is 0.871. The van der Waals surface area contributed by atoms with Crippen molar-refractivity contribution in [2.24, 2.45) is 0 Å². The minimum atomic E-state index is 0.240. The molecule has 1 unspecified atom stereocenters. The summed E-state index contributed by atoms with van der Waals surface area (Å²) in [6, 6.07) is 4.46. The van der Waals surface area contributed by atoms with Gasteiger partial charge in [-0.1, -0.05) is 0 Å². The van der Waals surface area contributed by atoms with Crippen LogP contribution in [0.5, 0.6) is 0 Å². The van der Waals surface area contributed by atoms with Crippen LogP contribution in [0, 0.1) is 20.8 Å². The van der Waals surface area contributed by atoms with Gasteiger partial charge >= 0.3 is 0 Å². The van der Waals surface area contributed by atoms with Gasteiger partial charge in [0.1, 0.15) is 5.82 Å². The average molecular weight is 290 g/mol. The van der Waals surface area contributed by atoms with E-state index in [2.05, 4.69) is 47.4 Å². The fourth-order valence-corrected chi connectivity index (χ4v) is 3.28. The topological polar surface area (TPSA) is 49.8 Å². The first-order chi connectivity index (χ1) is 9.49. The molecule has 2 rings (SSSR count). The Hall–Kier alpha value is -1.62. The maximum atomic E-state index is 4.50. The molecule has 1 atom stereocenters. The van der Waals surface area contributed by atoms with Crippen molar-refractivity contribution in [3.05, 3.63) is 33.1 Å². The van der Waals surface area contributed by atoms with Gasteiger partial charge in [0.2, 0.25) is 5.95 Å². The molecule has 20 heavy (non-hydrogen) atoms. The Bertz CT molecular complexity index is 592. The maximum Gasteiger partial charge on any atom is 0.224 e. The first-order valence-corrected chi connectivity index (χ1v) is 7.74. The van der Waals surface area contributed by atoms with Gasteiger partial charge in [-0.3, -0.25) is 0 Å². The molecule has 0 fully saturated rings. The summed E-state index contributed by atoms with van der Waals surface area (Å²) in [6.45, 7) is 11.3. The molecular formula is C15H22N4S. The van der Waals surface area contributed by atoms with Crippen LogP contribution in [0.1, 0.15) is 40.9 Å². The number of anilines is 2. The first-order valence-electron chi connectivity index (χ1n) is 6.92. The maximum absolute atomic E-state index is 4.50. The SMILES string of the molecule is CCNc1nc(C)cc(NC(C)c2cc(C)sc2C)n1. The molecule has 0 radical (unpaired) electrons. The van der Waals surface area contributed by atoms with E-state index in [4.69, 9.17) is 0 Å². The zero-order valence-electron chi connectivity index (χ0n) is 12.7. The van der Waals surface area contributed by atoms with Gasteiger partial charge in [-0.05, 0) is 46.2 Å². The van der Waals surface area contributed by atoms with E-state index in [0.29, 0.717) is 5.95 Å². The van der Waals surface area contributed by atoms with E-state index in [1.807, 2.05) is 31.3 Å². The predicted molar refractivity (Wildman–Crippen MR) is 86.8 cm³/mol. The minimum Gasteiger partial charge on any atom is -0.363 e. The van der Waals surface area contributed by atoms with Crippen LogP contribution in [0.2, 0.25) is 0 Å². The van der Waals surface area contributed by atoms with E-state index < -0.39 is 0 Å². The van der Waals surface area contributed by atoms with Crippen molar-refractivity contribution in [1.29, 1.82) is 0 Å². The van der Waals surface area contributed by atoms with Crippen LogP contribution in [0.4, 0.5) is 11.8 Å². The molecule has 0 amide bonds. The fourth-order valence-electron chi connectivity index (χ4n) is 2.26. The van der Waals surface area contributed by atoms with E-state index in [0.717, 1.165) is 18.1 Å². The largest absolute Gasteiger partial charge is 0.363 e. The predicted octanol–water partition coefficient (Wildman–Crippen LogP) is 4.07. The van der Waals surface area contributed by atoms with Gasteiger partial charge in [0.15, 0.2) is 0 Å². The Morgan fingerprint density at radius 3 is 2.55 bits per heavy atom. The van der Waals surface area contributed by atoms with Crippen molar-refractivity contribution >= 4 is 23.1 Å². The first kappa shape index (κ1) is 14.8. The van der Waals surface area contributed by atoms with Gasteiger partial charge < -0.3 is 10.6 Å².